The van der Waals surface area contributed by atoms with E-state index in [1.807, 2.05) is 0 Å². The van der Waals surface area contributed by atoms with Crippen LogP contribution in [-0.2, 0) is 49.9 Å². The normalized spacial score (nSPS) is 15.1. The highest BCUT2D eigenvalue weighted by atomic mass is 16.3. The summed E-state index contributed by atoms with van der Waals surface area (Å²) in [7, 11) is 8.55. The Labute approximate surface area is 812 Å². The van der Waals surface area contributed by atoms with Crippen LogP contribution in [0.25, 0.3) is 177 Å². The Morgan fingerprint density at radius 2 is 0.558 bits per heavy atom. The molecule has 0 radical (unpaired) electrons. The van der Waals surface area contributed by atoms with Crippen LogP contribution in [0.4, 0.5) is 0 Å². The zero-order chi connectivity index (χ0) is 95.7. The van der Waals surface area contributed by atoms with E-state index in [0.29, 0.717) is 11.8 Å². The van der Waals surface area contributed by atoms with Gasteiger partial charge in [-0.25, -0.2) is 18.3 Å². The fraction of sp³-hybridized carbons (Fsp3) is 0.292. The Bertz CT molecular complexity index is 8570. The first-order valence-corrected chi connectivity index (χ1v) is 50.7. The lowest BCUT2D eigenvalue weighted by Crippen LogP contribution is -2.31. The summed E-state index contributed by atoms with van der Waals surface area (Å²) in [5, 5.41) is 10.0. The van der Waals surface area contributed by atoms with Crippen LogP contribution in [0.5, 0.6) is 0 Å². The van der Waals surface area contributed by atoms with Gasteiger partial charge in [0.1, 0.15) is 72.9 Å². The Morgan fingerprint density at radius 3 is 0.957 bits per heavy atom. The summed E-state index contributed by atoms with van der Waals surface area (Å²) in [5.41, 5.74) is 56.2. The lowest BCUT2D eigenvalue weighted by atomic mass is 9.68. The van der Waals surface area contributed by atoms with Crippen LogP contribution < -0.4 is 18.3 Å². The molecule has 2 spiro atoms. The first kappa shape index (κ1) is 88.4. The van der Waals surface area contributed by atoms with Crippen molar-refractivity contribution in [2.45, 2.75) is 210 Å². The Morgan fingerprint density at radius 1 is 0.261 bits per heavy atom. The summed E-state index contributed by atoms with van der Waals surface area (Å²) in [6, 6.07) is 81.8. The van der Waals surface area contributed by atoms with Crippen LogP contribution in [0.15, 0.2) is 261 Å². The number of pyridine rings is 4. The van der Waals surface area contributed by atoms with Gasteiger partial charge in [-0.1, -0.05) is 237 Å². The monoisotopic (exact) mass is 1810 g/mol. The summed E-state index contributed by atoms with van der Waals surface area (Å²) in [5.74, 6) is 1.20. The van der Waals surface area contributed by atoms with Gasteiger partial charge in [0.15, 0.2) is 24.8 Å². The predicted octanol–water partition coefficient (Wildman–Crippen LogP) is 32.4. The molecule has 2 fully saturated rings. The van der Waals surface area contributed by atoms with Gasteiger partial charge in [0, 0.05) is 111 Å². The third kappa shape index (κ3) is 13.2. The second kappa shape index (κ2) is 32.5. The fourth-order valence-electron chi connectivity index (χ4n) is 26.9. The maximum atomic E-state index is 6.80. The minimum atomic E-state index is -0.0161. The molecule has 0 aliphatic heterocycles. The molecular formula is C130H128N4O4+4. The van der Waals surface area contributed by atoms with Gasteiger partial charge in [-0.3, -0.25) is 0 Å². The molecule has 0 atom stereocenters. The SMILES string of the molecule is Cc1cc(-c2c(C)ccc3c2oc2ccc4c(c23)-c2ccccc2C4(C)C)[n+](C)cc1C.Cc1cc(-c2c(C)ccc3c2oc2ccc4c(c23)-c2ccccc2C4(CC(C)C)CC(C)C)[n+](C)cc1C.Cc1cc(-c2c(C)ccc3c2oc2ccc4c(c23)-c2ccccc2C42CCCC2)[n+](C)cc1C.Cc1cc(-c2c(C)ccc3c2oc2ccc4c(c23)C2(CCCC2)c2ccccc2-4)[n+](C)cc1C. The number of furan rings is 4. The average Bonchev–Trinajstić information content (AvgIpc) is 1.55. The highest BCUT2D eigenvalue weighted by Gasteiger charge is 2.50. The first-order chi connectivity index (χ1) is 66.4. The number of aryl methyl sites for hydroxylation is 16. The molecule has 8 heteroatoms. The van der Waals surface area contributed by atoms with Crippen molar-refractivity contribution in [2.75, 3.05) is 0 Å². The van der Waals surface area contributed by atoms with E-state index in [4.69, 9.17) is 17.7 Å². The van der Waals surface area contributed by atoms with Crippen LogP contribution in [0.2, 0.25) is 0 Å². The Balaban J connectivity index is 0.000000103. The summed E-state index contributed by atoms with van der Waals surface area (Å²) in [4.78, 5) is 0. The molecule has 688 valence electrons. The zero-order valence-electron chi connectivity index (χ0n) is 84.7. The van der Waals surface area contributed by atoms with E-state index in [0.717, 1.165) is 57.5 Å². The average molecular weight is 1810 g/mol. The summed E-state index contributed by atoms with van der Waals surface area (Å²) >= 11 is 0. The standard InChI is InChI=1S/C36H40NO.2C32H30NO.C30H28NO/c1-21(2)18-36(19-22(3)4)28-12-10-9-11-26(28)33-29(36)15-16-31-34(33)27-14-13-23(5)32(35(27)38-31)30-17-24(6)25(7)20-37(30)8;1-19-11-12-24-29-27(34-31(24)28(19)26-17-20(2)21(3)18-33(26)4)14-13-23-22-9-5-6-10-25(22)32(30(23)29)15-7-8-16-32;1-19-11-12-23-30-27(34-31(23)28(19)26-17-20(2)21(3)18-33(26)4)14-13-25-29(30)22-9-5-6-10-24(22)32(25)15-7-8-16-32;1-17-11-12-21-28-25(32-29(21)26(17)24-15-18(2)19(3)16-31(24)6)14-13-23-27(28)20-9-7-8-10-22(20)30(23,4)5/h9-17,20-22H,18-19H2,1-8H3;2*5-6,9-14,17-18H,7-8,15-16H2,1-4H3;7-16H,1-6H3/q4*+1. The van der Waals surface area contributed by atoms with Crippen molar-refractivity contribution in [3.63, 3.8) is 0 Å². The van der Waals surface area contributed by atoms with Crippen molar-refractivity contribution in [3.05, 3.63) is 354 Å². The van der Waals surface area contributed by atoms with Crippen LogP contribution in [-0.4, -0.2) is 0 Å². The molecule has 0 amide bonds. The summed E-state index contributed by atoms with van der Waals surface area (Å²) in [6.07, 6.45) is 21.4. The number of hydrogen-bond donors (Lipinski definition) is 0. The topological polar surface area (TPSA) is 68.1 Å². The van der Waals surface area contributed by atoms with Crippen molar-refractivity contribution in [1.29, 1.82) is 0 Å². The van der Waals surface area contributed by atoms with Crippen molar-refractivity contribution >= 4 is 87.8 Å². The highest BCUT2D eigenvalue weighted by molar-refractivity contribution is 6.21. The van der Waals surface area contributed by atoms with Crippen LogP contribution in [0.1, 0.15) is 217 Å². The van der Waals surface area contributed by atoms with E-state index >= 15 is 0 Å². The van der Waals surface area contributed by atoms with E-state index in [1.54, 1.807) is 0 Å². The van der Waals surface area contributed by atoms with E-state index < -0.39 is 0 Å². The lowest BCUT2D eigenvalue weighted by Gasteiger charge is -2.35. The number of fused-ring (bicyclic) bond motifs is 32. The highest BCUT2D eigenvalue weighted by Crippen LogP contribution is 2.64. The van der Waals surface area contributed by atoms with Crippen molar-refractivity contribution < 1.29 is 35.9 Å². The number of nitrogens with zero attached hydrogens (tertiary/aromatic N) is 4. The molecule has 8 aromatic heterocycles. The van der Waals surface area contributed by atoms with Gasteiger partial charge < -0.3 is 17.7 Å². The minimum Gasteiger partial charge on any atom is -0.455 e. The number of benzene rings is 12. The molecule has 8 nitrogen and oxygen atoms in total. The second-order valence-corrected chi connectivity index (χ2v) is 43.6. The molecule has 0 unspecified atom stereocenters. The van der Waals surface area contributed by atoms with Gasteiger partial charge in [-0.15, -0.1) is 0 Å². The molecule has 26 rings (SSSR count). The van der Waals surface area contributed by atoms with Crippen LogP contribution in [0, 0.1) is 94.9 Å². The molecule has 6 aliphatic carbocycles. The Hall–Kier alpha value is -13.6. The van der Waals surface area contributed by atoms with Gasteiger partial charge in [-0.2, -0.15) is 0 Å². The maximum Gasteiger partial charge on any atom is 0.216 e. The number of aromatic nitrogens is 4. The maximum absolute atomic E-state index is 6.80. The molecule has 0 N–H and O–H groups in total. The number of rotatable bonds is 8. The summed E-state index contributed by atoms with van der Waals surface area (Å²) < 4.78 is 35.9. The van der Waals surface area contributed by atoms with Crippen molar-refractivity contribution in [3.8, 4) is 89.5 Å². The van der Waals surface area contributed by atoms with Crippen molar-refractivity contribution in [1.82, 2.24) is 0 Å². The van der Waals surface area contributed by atoms with Gasteiger partial charge in [0.2, 0.25) is 22.8 Å². The minimum absolute atomic E-state index is 0.0161. The predicted molar refractivity (Wildman–Crippen MR) is 570 cm³/mol. The van der Waals surface area contributed by atoms with E-state index in [2.05, 4.69) is 414 Å². The Kier molecular flexibility index (Phi) is 20.9. The van der Waals surface area contributed by atoms with Gasteiger partial charge in [0.25, 0.3) is 0 Å². The summed E-state index contributed by atoms with van der Waals surface area (Å²) in [6.45, 7) is 40.4. The van der Waals surface area contributed by atoms with Crippen molar-refractivity contribution in [2.24, 2.45) is 40.0 Å². The largest absolute Gasteiger partial charge is 0.455 e. The molecule has 0 saturated heterocycles. The number of hydrogen-bond acceptors (Lipinski definition) is 4. The van der Waals surface area contributed by atoms with Gasteiger partial charge in [-0.05, 0) is 291 Å². The molecule has 0 bridgehead atoms. The van der Waals surface area contributed by atoms with E-state index in [-0.39, 0.29) is 21.7 Å². The second-order valence-electron chi connectivity index (χ2n) is 43.6. The lowest BCUT2D eigenvalue weighted by molar-refractivity contribution is -0.660. The molecule has 12 aromatic carbocycles. The molecule has 20 aromatic rings. The van der Waals surface area contributed by atoms with Crippen LogP contribution in [0.3, 0.4) is 0 Å². The molecule has 8 heterocycles. The smallest absolute Gasteiger partial charge is 0.216 e. The third-order valence-electron chi connectivity index (χ3n) is 33.7. The van der Waals surface area contributed by atoms with Gasteiger partial charge >= 0.3 is 0 Å². The molecular weight excluding hydrogens is 1680 g/mol. The fourth-order valence-corrected chi connectivity index (χ4v) is 26.9. The van der Waals surface area contributed by atoms with Crippen LogP contribution >= 0.6 is 0 Å². The molecule has 138 heavy (non-hydrogen) atoms. The quantitative estimate of drug-likeness (QED) is 0.142. The molecule has 6 aliphatic rings. The van der Waals surface area contributed by atoms with E-state index in [1.165, 1.54) is 295 Å². The third-order valence-corrected chi connectivity index (χ3v) is 33.7. The van der Waals surface area contributed by atoms with Gasteiger partial charge in [0.05, 0.1) is 22.3 Å². The first-order valence-electron chi connectivity index (χ1n) is 50.7. The van der Waals surface area contributed by atoms with E-state index in [9.17, 15) is 0 Å². The molecule has 2 saturated carbocycles. The zero-order valence-corrected chi connectivity index (χ0v) is 84.7.